The lowest BCUT2D eigenvalue weighted by atomic mass is 9.98. The molecule has 2 heterocycles. The van der Waals surface area contributed by atoms with E-state index in [1.165, 1.54) is 31.5 Å². The third-order valence-electron chi connectivity index (χ3n) is 6.72. The van der Waals surface area contributed by atoms with E-state index in [1.54, 1.807) is 10.6 Å². The first-order valence-corrected chi connectivity index (χ1v) is 12.4. The summed E-state index contributed by atoms with van der Waals surface area (Å²) in [7, 11) is 0. The van der Waals surface area contributed by atoms with Crippen LogP contribution >= 0.6 is 0 Å². The fourth-order valence-corrected chi connectivity index (χ4v) is 4.85. The molecular formula is C29H31N3O3. The summed E-state index contributed by atoms with van der Waals surface area (Å²) in [6.07, 6.45) is 3.51. The van der Waals surface area contributed by atoms with Crippen LogP contribution in [-0.4, -0.2) is 28.5 Å². The minimum atomic E-state index is -0.382. The molecule has 0 radical (unpaired) electrons. The molecule has 1 aromatic heterocycles. The number of hydrogen-bond acceptors (Lipinski definition) is 4. The molecule has 1 fully saturated rings. The van der Waals surface area contributed by atoms with Gasteiger partial charge in [-0.3, -0.25) is 14.3 Å². The van der Waals surface area contributed by atoms with Gasteiger partial charge < -0.3 is 9.73 Å². The number of fused-ring (bicyclic) bond motifs is 1. The van der Waals surface area contributed by atoms with Gasteiger partial charge in [-0.2, -0.15) is 0 Å². The van der Waals surface area contributed by atoms with Crippen LogP contribution in [0.1, 0.15) is 36.8 Å². The molecule has 4 aromatic rings. The molecule has 35 heavy (non-hydrogen) atoms. The van der Waals surface area contributed by atoms with E-state index in [4.69, 9.17) is 4.42 Å². The number of likely N-dealkylation sites (tertiary alicyclic amines) is 1. The van der Waals surface area contributed by atoms with Crippen molar-refractivity contribution in [3.8, 4) is 11.1 Å². The first kappa shape index (κ1) is 23.1. The van der Waals surface area contributed by atoms with Crippen molar-refractivity contribution in [2.24, 2.45) is 0 Å². The van der Waals surface area contributed by atoms with E-state index in [2.05, 4.69) is 46.6 Å². The summed E-state index contributed by atoms with van der Waals surface area (Å²) in [5.41, 5.74) is 6.06. The van der Waals surface area contributed by atoms with Gasteiger partial charge in [0, 0.05) is 26.1 Å². The van der Waals surface area contributed by atoms with Gasteiger partial charge in [0.1, 0.15) is 0 Å². The second-order valence-electron chi connectivity index (χ2n) is 9.20. The number of aromatic nitrogens is 1. The second kappa shape index (κ2) is 10.7. The van der Waals surface area contributed by atoms with Gasteiger partial charge in [-0.25, -0.2) is 4.79 Å². The molecule has 1 aliphatic rings. The number of carbonyl (C=O) groups is 1. The van der Waals surface area contributed by atoms with Crippen LogP contribution in [0.25, 0.3) is 22.2 Å². The topological polar surface area (TPSA) is 67.5 Å². The number of rotatable bonds is 9. The lowest BCUT2D eigenvalue weighted by molar-refractivity contribution is -0.121. The Labute approximate surface area is 205 Å². The van der Waals surface area contributed by atoms with Gasteiger partial charge in [0.2, 0.25) is 5.91 Å². The predicted molar refractivity (Wildman–Crippen MR) is 138 cm³/mol. The van der Waals surface area contributed by atoms with Crippen molar-refractivity contribution in [1.82, 2.24) is 14.8 Å². The molecule has 180 valence electrons. The lowest BCUT2D eigenvalue weighted by Gasteiger charge is -2.15. The molecular weight excluding hydrogens is 438 g/mol. The Morgan fingerprint density at radius 1 is 0.914 bits per heavy atom. The minimum absolute atomic E-state index is 0.0263. The SMILES string of the molecule is O=C(CCCn1c(=O)oc2ccccc21)NCc1ccccc1-c1ccc(CN2CCCC2)cc1. The van der Waals surface area contributed by atoms with E-state index in [1.807, 2.05) is 30.3 Å². The van der Waals surface area contributed by atoms with E-state index in [9.17, 15) is 9.59 Å². The van der Waals surface area contributed by atoms with Crippen molar-refractivity contribution in [3.63, 3.8) is 0 Å². The van der Waals surface area contributed by atoms with Crippen LogP contribution in [0.2, 0.25) is 0 Å². The molecule has 1 N–H and O–H groups in total. The summed E-state index contributed by atoms with van der Waals surface area (Å²) < 4.78 is 6.85. The van der Waals surface area contributed by atoms with Crippen LogP contribution < -0.4 is 11.1 Å². The van der Waals surface area contributed by atoms with E-state index in [-0.39, 0.29) is 11.7 Å². The maximum atomic E-state index is 12.5. The number of para-hydroxylation sites is 2. The maximum absolute atomic E-state index is 12.5. The first-order valence-electron chi connectivity index (χ1n) is 12.4. The molecule has 5 rings (SSSR count). The Morgan fingerprint density at radius 3 is 2.49 bits per heavy atom. The lowest BCUT2D eigenvalue weighted by Crippen LogP contribution is -2.24. The predicted octanol–water partition coefficient (Wildman–Crippen LogP) is 4.95. The zero-order chi connectivity index (χ0) is 24.0. The fourth-order valence-electron chi connectivity index (χ4n) is 4.85. The number of nitrogens with one attached hydrogen (secondary N) is 1. The number of benzene rings is 3. The Kier molecular flexibility index (Phi) is 7.09. The molecule has 0 spiro atoms. The van der Waals surface area contributed by atoms with E-state index in [0.717, 1.165) is 28.8 Å². The van der Waals surface area contributed by atoms with Crippen LogP contribution in [0.3, 0.4) is 0 Å². The van der Waals surface area contributed by atoms with Crippen molar-refractivity contribution in [2.75, 3.05) is 13.1 Å². The maximum Gasteiger partial charge on any atom is 0.419 e. The minimum Gasteiger partial charge on any atom is -0.408 e. The van der Waals surface area contributed by atoms with Crippen LogP contribution in [0.15, 0.2) is 82.0 Å². The van der Waals surface area contributed by atoms with Crippen LogP contribution in [0, 0.1) is 0 Å². The summed E-state index contributed by atoms with van der Waals surface area (Å²) >= 11 is 0. The van der Waals surface area contributed by atoms with Crippen LogP contribution in [0.4, 0.5) is 0 Å². The number of carbonyl (C=O) groups excluding carboxylic acids is 1. The number of oxazole rings is 1. The van der Waals surface area contributed by atoms with Gasteiger partial charge in [0.25, 0.3) is 0 Å². The van der Waals surface area contributed by atoms with E-state index < -0.39 is 0 Å². The largest absolute Gasteiger partial charge is 0.419 e. The average molecular weight is 470 g/mol. The van der Waals surface area contributed by atoms with Crippen LogP contribution in [0.5, 0.6) is 0 Å². The van der Waals surface area contributed by atoms with Crippen molar-refractivity contribution in [1.29, 1.82) is 0 Å². The molecule has 1 aliphatic heterocycles. The van der Waals surface area contributed by atoms with E-state index >= 15 is 0 Å². The Balaban J connectivity index is 1.16. The summed E-state index contributed by atoms with van der Waals surface area (Å²) in [6, 6.07) is 24.3. The molecule has 0 unspecified atom stereocenters. The Bertz CT molecular complexity index is 1350. The zero-order valence-corrected chi connectivity index (χ0v) is 19.9. The standard InChI is InChI=1S/C29H31N3O3/c33-28(12-7-19-32-26-10-3-4-11-27(26)35-29(32)34)30-20-24-8-1-2-9-25(24)23-15-13-22(14-16-23)21-31-17-5-6-18-31/h1-4,8-11,13-16H,5-7,12,17-21H2,(H,30,33). The van der Waals surface area contributed by atoms with Gasteiger partial charge in [0.15, 0.2) is 5.58 Å². The molecule has 0 bridgehead atoms. The summed E-state index contributed by atoms with van der Waals surface area (Å²) in [4.78, 5) is 27.1. The van der Waals surface area contributed by atoms with Crippen molar-refractivity contribution >= 4 is 17.0 Å². The highest BCUT2D eigenvalue weighted by Crippen LogP contribution is 2.25. The van der Waals surface area contributed by atoms with Crippen molar-refractivity contribution in [3.05, 3.63) is 94.5 Å². The smallest absolute Gasteiger partial charge is 0.408 e. The second-order valence-corrected chi connectivity index (χ2v) is 9.20. The molecule has 0 atom stereocenters. The Hall–Kier alpha value is -3.64. The fraction of sp³-hybridized carbons (Fsp3) is 0.310. The van der Waals surface area contributed by atoms with Gasteiger partial charge >= 0.3 is 5.76 Å². The van der Waals surface area contributed by atoms with Gasteiger partial charge in [0.05, 0.1) is 5.52 Å². The molecule has 6 nitrogen and oxygen atoms in total. The zero-order valence-electron chi connectivity index (χ0n) is 19.9. The molecule has 1 amide bonds. The number of hydrogen-bond donors (Lipinski definition) is 1. The van der Waals surface area contributed by atoms with Gasteiger partial charge in [-0.1, -0.05) is 60.7 Å². The number of amides is 1. The highest BCUT2D eigenvalue weighted by Gasteiger charge is 2.13. The summed E-state index contributed by atoms with van der Waals surface area (Å²) in [6.45, 7) is 4.32. The molecule has 6 heteroatoms. The Morgan fingerprint density at radius 2 is 1.66 bits per heavy atom. The van der Waals surface area contributed by atoms with Crippen molar-refractivity contribution < 1.29 is 9.21 Å². The summed E-state index contributed by atoms with van der Waals surface area (Å²) in [5, 5.41) is 3.04. The number of nitrogens with zero attached hydrogens (tertiary/aromatic N) is 2. The van der Waals surface area contributed by atoms with Gasteiger partial charge in [-0.15, -0.1) is 0 Å². The van der Waals surface area contributed by atoms with Gasteiger partial charge in [-0.05, 0) is 66.7 Å². The molecule has 1 saturated heterocycles. The monoisotopic (exact) mass is 469 g/mol. The first-order chi connectivity index (χ1) is 17.2. The normalized spacial score (nSPS) is 13.9. The number of aryl methyl sites for hydroxylation is 1. The summed E-state index contributed by atoms with van der Waals surface area (Å²) in [5.74, 6) is -0.409. The highest BCUT2D eigenvalue weighted by molar-refractivity contribution is 5.77. The van der Waals surface area contributed by atoms with Crippen molar-refractivity contribution in [2.45, 2.75) is 45.3 Å². The highest BCUT2D eigenvalue weighted by atomic mass is 16.4. The molecule has 0 saturated carbocycles. The van der Waals surface area contributed by atoms with E-state index in [0.29, 0.717) is 31.5 Å². The quantitative estimate of drug-likeness (QED) is 0.377. The third-order valence-corrected chi connectivity index (χ3v) is 6.72. The molecule has 3 aromatic carbocycles. The molecule has 0 aliphatic carbocycles. The van der Waals surface area contributed by atoms with Crippen LogP contribution in [-0.2, 0) is 24.4 Å². The third kappa shape index (κ3) is 5.54. The average Bonchev–Trinajstić information content (AvgIpc) is 3.51.